The van der Waals surface area contributed by atoms with Crippen LogP contribution in [0.3, 0.4) is 0 Å². The number of carbonyl (C=O) groups is 1. The second-order valence-corrected chi connectivity index (χ2v) is 5.07. The van der Waals surface area contributed by atoms with E-state index >= 15 is 0 Å². The van der Waals surface area contributed by atoms with Crippen LogP contribution >= 0.6 is 0 Å². The molecule has 0 radical (unpaired) electrons. The molecule has 2 rings (SSSR count). The Balaban J connectivity index is 1.91. The topological polar surface area (TPSA) is 58.6 Å². The van der Waals surface area contributed by atoms with Gasteiger partial charge in [-0.25, -0.2) is 4.79 Å². The van der Waals surface area contributed by atoms with E-state index in [2.05, 4.69) is 12.2 Å². The van der Waals surface area contributed by atoms with Crippen molar-refractivity contribution < 1.29 is 14.6 Å². The minimum absolute atomic E-state index is 0.0315. The van der Waals surface area contributed by atoms with Crippen molar-refractivity contribution in [3.8, 4) is 0 Å². The minimum Gasteiger partial charge on any atom is -0.478 e. The van der Waals surface area contributed by atoms with Crippen LogP contribution in [0.2, 0.25) is 0 Å². The Morgan fingerprint density at radius 2 is 2.17 bits per heavy atom. The number of benzene rings is 1. The highest BCUT2D eigenvalue weighted by Crippen LogP contribution is 2.19. The van der Waals surface area contributed by atoms with Gasteiger partial charge in [-0.2, -0.15) is 0 Å². The Morgan fingerprint density at radius 3 is 2.72 bits per heavy atom. The molecule has 1 unspecified atom stereocenters. The second kappa shape index (κ2) is 5.50. The van der Waals surface area contributed by atoms with Gasteiger partial charge in [-0.05, 0) is 37.5 Å². The van der Waals surface area contributed by atoms with Crippen molar-refractivity contribution in [2.24, 2.45) is 0 Å². The molecule has 0 bridgehead atoms. The summed E-state index contributed by atoms with van der Waals surface area (Å²) in [5, 5.41) is 12.3. The summed E-state index contributed by atoms with van der Waals surface area (Å²) in [6.45, 7) is 4.49. The third-order valence-corrected chi connectivity index (χ3v) is 3.36. The lowest BCUT2D eigenvalue weighted by molar-refractivity contribution is 0.0278. The van der Waals surface area contributed by atoms with Crippen LogP contribution in [0.1, 0.15) is 35.7 Å². The molecule has 1 aliphatic heterocycles. The van der Waals surface area contributed by atoms with Crippen molar-refractivity contribution in [2.45, 2.75) is 31.8 Å². The van der Waals surface area contributed by atoms with Crippen molar-refractivity contribution in [1.82, 2.24) is 5.32 Å². The predicted molar refractivity (Wildman–Crippen MR) is 68.7 cm³/mol. The lowest BCUT2D eigenvalue weighted by Crippen LogP contribution is -2.48. The first kappa shape index (κ1) is 13.1. The van der Waals surface area contributed by atoms with E-state index in [1.807, 2.05) is 12.1 Å². The second-order valence-electron chi connectivity index (χ2n) is 5.07. The molecule has 98 valence electrons. The zero-order chi connectivity index (χ0) is 13.0. The van der Waals surface area contributed by atoms with Gasteiger partial charge in [-0.15, -0.1) is 0 Å². The van der Waals surface area contributed by atoms with Crippen molar-refractivity contribution in [2.75, 3.05) is 13.2 Å². The molecule has 2 N–H and O–H groups in total. The van der Waals surface area contributed by atoms with Gasteiger partial charge >= 0.3 is 5.97 Å². The summed E-state index contributed by atoms with van der Waals surface area (Å²) in [5.41, 5.74) is 1.45. The van der Waals surface area contributed by atoms with E-state index in [1.54, 1.807) is 12.1 Å². The number of carboxylic acids is 1. The summed E-state index contributed by atoms with van der Waals surface area (Å²) >= 11 is 0. The van der Waals surface area contributed by atoms with E-state index in [-0.39, 0.29) is 5.54 Å². The van der Waals surface area contributed by atoms with Gasteiger partial charge in [0.25, 0.3) is 0 Å². The maximum atomic E-state index is 10.7. The molecule has 4 heteroatoms. The standard InChI is InChI=1S/C14H19NO3/c1-14(7-2-8-18-10-14)15-9-11-3-5-12(6-4-11)13(16)17/h3-6,15H,2,7-10H2,1H3,(H,16,17). The summed E-state index contributed by atoms with van der Waals surface area (Å²) in [7, 11) is 0. The number of hydrogen-bond donors (Lipinski definition) is 2. The fourth-order valence-electron chi connectivity index (χ4n) is 2.15. The average molecular weight is 249 g/mol. The van der Waals surface area contributed by atoms with Crippen LogP contribution in [-0.4, -0.2) is 29.8 Å². The van der Waals surface area contributed by atoms with Crippen LogP contribution in [0.25, 0.3) is 0 Å². The summed E-state index contributed by atoms with van der Waals surface area (Å²) < 4.78 is 5.48. The molecule has 1 aromatic carbocycles. The van der Waals surface area contributed by atoms with Gasteiger partial charge in [0.15, 0.2) is 0 Å². The average Bonchev–Trinajstić information content (AvgIpc) is 2.38. The molecule has 1 heterocycles. The third kappa shape index (κ3) is 3.31. The Labute approximate surface area is 107 Å². The fraction of sp³-hybridized carbons (Fsp3) is 0.500. The molecule has 0 amide bonds. The molecule has 1 aliphatic rings. The van der Waals surface area contributed by atoms with E-state index < -0.39 is 5.97 Å². The van der Waals surface area contributed by atoms with Gasteiger partial charge in [0.2, 0.25) is 0 Å². The van der Waals surface area contributed by atoms with Crippen LogP contribution in [0, 0.1) is 0 Å². The number of rotatable bonds is 4. The number of aromatic carboxylic acids is 1. The van der Waals surface area contributed by atoms with Crippen molar-refractivity contribution in [3.05, 3.63) is 35.4 Å². The molecule has 0 aliphatic carbocycles. The highest BCUT2D eigenvalue weighted by Gasteiger charge is 2.26. The zero-order valence-electron chi connectivity index (χ0n) is 10.6. The molecule has 1 saturated heterocycles. The number of nitrogens with one attached hydrogen (secondary N) is 1. The van der Waals surface area contributed by atoms with Gasteiger partial charge in [0.1, 0.15) is 0 Å². The molecular formula is C14H19NO3. The fourth-order valence-corrected chi connectivity index (χ4v) is 2.15. The minimum atomic E-state index is -0.887. The first-order valence-electron chi connectivity index (χ1n) is 6.24. The van der Waals surface area contributed by atoms with Crippen LogP contribution in [0.5, 0.6) is 0 Å². The van der Waals surface area contributed by atoms with Crippen LogP contribution in [0.4, 0.5) is 0 Å². The predicted octanol–water partition coefficient (Wildman–Crippen LogP) is 2.04. The van der Waals surface area contributed by atoms with E-state index in [4.69, 9.17) is 9.84 Å². The molecule has 1 fully saturated rings. The normalized spacial score (nSPS) is 23.8. The molecule has 0 spiro atoms. The van der Waals surface area contributed by atoms with Gasteiger partial charge in [-0.1, -0.05) is 12.1 Å². The highest BCUT2D eigenvalue weighted by molar-refractivity contribution is 5.87. The molecule has 1 aromatic rings. The van der Waals surface area contributed by atoms with E-state index in [1.165, 1.54) is 0 Å². The van der Waals surface area contributed by atoms with Crippen molar-refractivity contribution in [3.63, 3.8) is 0 Å². The van der Waals surface area contributed by atoms with E-state index in [0.29, 0.717) is 5.56 Å². The summed E-state index contributed by atoms with van der Waals surface area (Å²) in [5.74, 6) is -0.887. The van der Waals surface area contributed by atoms with Crippen LogP contribution in [0.15, 0.2) is 24.3 Å². The molecular weight excluding hydrogens is 230 g/mol. The van der Waals surface area contributed by atoms with E-state index in [9.17, 15) is 4.79 Å². The van der Waals surface area contributed by atoms with Crippen LogP contribution < -0.4 is 5.32 Å². The van der Waals surface area contributed by atoms with Gasteiger partial charge in [0.05, 0.1) is 12.2 Å². The number of hydrogen-bond acceptors (Lipinski definition) is 3. The lowest BCUT2D eigenvalue weighted by atomic mass is 9.94. The zero-order valence-corrected chi connectivity index (χ0v) is 10.6. The molecule has 4 nitrogen and oxygen atoms in total. The SMILES string of the molecule is CC1(NCc2ccc(C(=O)O)cc2)CCCOC1. The van der Waals surface area contributed by atoms with Gasteiger partial charge < -0.3 is 15.2 Å². The Hall–Kier alpha value is -1.39. The third-order valence-electron chi connectivity index (χ3n) is 3.36. The molecule has 18 heavy (non-hydrogen) atoms. The Bertz CT molecular complexity index is 408. The first-order valence-corrected chi connectivity index (χ1v) is 6.24. The van der Waals surface area contributed by atoms with E-state index in [0.717, 1.165) is 38.2 Å². The molecule has 0 saturated carbocycles. The maximum absolute atomic E-state index is 10.7. The van der Waals surface area contributed by atoms with Gasteiger partial charge in [-0.3, -0.25) is 0 Å². The molecule has 1 atom stereocenters. The summed E-state index contributed by atoms with van der Waals surface area (Å²) in [6.07, 6.45) is 2.20. The number of ether oxygens (including phenoxy) is 1. The van der Waals surface area contributed by atoms with Gasteiger partial charge in [0, 0.05) is 18.7 Å². The first-order chi connectivity index (χ1) is 8.59. The number of carboxylic acid groups (broad SMARTS) is 1. The highest BCUT2D eigenvalue weighted by atomic mass is 16.5. The Kier molecular flexibility index (Phi) is 3.99. The maximum Gasteiger partial charge on any atom is 0.335 e. The van der Waals surface area contributed by atoms with Crippen LogP contribution in [-0.2, 0) is 11.3 Å². The Morgan fingerprint density at radius 1 is 1.44 bits per heavy atom. The lowest BCUT2D eigenvalue weighted by Gasteiger charge is -2.34. The quantitative estimate of drug-likeness (QED) is 0.857. The van der Waals surface area contributed by atoms with Crippen molar-refractivity contribution >= 4 is 5.97 Å². The summed E-state index contributed by atoms with van der Waals surface area (Å²) in [4.78, 5) is 10.7. The monoisotopic (exact) mass is 249 g/mol. The largest absolute Gasteiger partial charge is 0.478 e. The molecule has 0 aromatic heterocycles. The summed E-state index contributed by atoms with van der Waals surface area (Å²) in [6, 6.07) is 6.98. The smallest absolute Gasteiger partial charge is 0.335 e. The van der Waals surface area contributed by atoms with Crippen molar-refractivity contribution in [1.29, 1.82) is 0 Å².